The summed E-state index contributed by atoms with van der Waals surface area (Å²) in [5.41, 5.74) is 10.4. The maximum absolute atomic E-state index is 6.28. The number of benzene rings is 1. The Balaban J connectivity index is 1.51. The Kier molecular flexibility index (Phi) is 3.12. The smallest absolute Gasteiger partial charge is 0.0826 e. The first-order valence-corrected chi connectivity index (χ1v) is 7.49. The van der Waals surface area contributed by atoms with Crippen LogP contribution in [0.15, 0.2) is 30.6 Å². The highest BCUT2D eigenvalue weighted by molar-refractivity contribution is 5.61. The lowest BCUT2D eigenvalue weighted by Crippen LogP contribution is -2.31. The van der Waals surface area contributed by atoms with Crippen molar-refractivity contribution < 1.29 is 0 Å². The predicted octanol–water partition coefficient (Wildman–Crippen LogP) is 0.630. The molecule has 0 spiro atoms. The zero-order valence-electron chi connectivity index (χ0n) is 11.9. The Morgan fingerprint density at radius 3 is 3.14 bits per heavy atom. The molecule has 110 valence electrons. The summed E-state index contributed by atoms with van der Waals surface area (Å²) in [6.45, 7) is 3.81. The van der Waals surface area contributed by atoms with Crippen molar-refractivity contribution >= 4 is 5.69 Å². The van der Waals surface area contributed by atoms with Crippen LogP contribution in [0.25, 0.3) is 0 Å². The third-order valence-corrected chi connectivity index (χ3v) is 4.52. The first-order valence-electron chi connectivity index (χ1n) is 7.49. The van der Waals surface area contributed by atoms with Crippen molar-refractivity contribution in [2.75, 3.05) is 25.0 Å². The van der Waals surface area contributed by atoms with Crippen LogP contribution in [0.2, 0.25) is 0 Å². The van der Waals surface area contributed by atoms with Crippen LogP contribution < -0.4 is 11.1 Å². The maximum Gasteiger partial charge on any atom is 0.0826 e. The number of likely N-dealkylation sites (tertiary alicyclic amines) is 1. The molecule has 3 N–H and O–H groups in total. The molecule has 3 heterocycles. The van der Waals surface area contributed by atoms with E-state index in [0.717, 1.165) is 32.6 Å². The monoisotopic (exact) mass is 284 g/mol. The summed E-state index contributed by atoms with van der Waals surface area (Å²) in [5, 5.41) is 11.5. The van der Waals surface area contributed by atoms with Crippen molar-refractivity contribution in [2.45, 2.75) is 25.0 Å². The molecule has 0 unspecified atom stereocenters. The molecule has 4 rings (SSSR count). The number of rotatable bonds is 3. The van der Waals surface area contributed by atoms with E-state index in [1.54, 1.807) is 6.20 Å². The average Bonchev–Trinajstić information content (AvgIpc) is 3.18. The summed E-state index contributed by atoms with van der Waals surface area (Å²) in [5.74, 6) is 0. The minimum Gasteiger partial charge on any atom is -0.384 e. The molecule has 0 radical (unpaired) electrons. The highest BCUT2D eigenvalue weighted by atomic mass is 15.4. The van der Waals surface area contributed by atoms with E-state index in [1.807, 2.05) is 10.9 Å². The van der Waals surface area contributed by atoms with Crippen molar-refractivity contribution in [3.63, 3.8) is 0 Å². The number of nitrogens with one attached hydrogen (secondary N) is 1. The zero-order valence-corrected chi connectivity index (χ0v) is 11.9. The van der Waals surface area contributed by atoms with Gasteiger partial charge in [0.05, 0.1) is 12.2 Å². The highest BCUT2D eigenvalue weighted by Gasteiger charge is 2.32. The number of para-hydroxylation sites is 1. The second-order valence-electron chi connectivity index (χ2n) is 5.94. The van der Waals surface area contributed by atoms with Gasteiger partial charge in [-0.2, -0.15) is 0 Å². The summed E-state index contributed by atoms with van der Waals surface area (Å²) in [4.78, 5) is 2.41. The predicted molar refractivity (Wildman–Crippen MR) is 80.9 cm³/mol. The molecule has 2 atom stereocenters. The largest absolute Gasteiger partial charge is 0.384 e. The average molecular weight is 284 g/mol. The maximum atomic E-state index is 6.28. The molecular weight excluding hydrogens is 264 g/mol. The Hall–Kier alpha value is -1.92. The molecule has 2 aliphatic rings. The normalized spacial score (nSPS) is 25.0. The molecule has 6 heteroatoms. The van der Waals surface area contributed by atoms with Gasteiger partial charge in [0.15, 0.2) is 0 Å². The Bertz CT molecular complexity index is 623. The number of fused-ring (bicyclic) bond motifs is 1. The molecule has 0 amide bonds. The van der Waals surface area contributed by atoms with Gasteiger partial charge in [-0.05, 0) is 17.5 Å². The van der Waals surface area contributed by atoms with Crippen LogP contribution in [-0.4, -0.2) is 45.6 Å². The number of anilines is 1. The first-order chi connectivity index (χ1) is 10.3. The molecule has 1 aromatic heterocycles. The third kappa shape index (κ3) is 2.30. The van der Waals surface area contributed by atoms with Gasteiger partial charge in [0.1, 0.15) is 0 Å². The van der Waals surface area contributed by atoms with E-state index >= 15 is 0 Å². The van der Waals surface area contributed by atoms with Gasteiger partial charge in [-0.25, -0.2) is 4.68 Å². The summed E-state index contributed by atoms with van der Waals surface area (Å²) in [7, 11) is 0. The Morgan fingerprint density at radius 1 is 1.33 bits per heavy atom. The lowest BCUT2D eigenvalue weighted by molar-refractivity contribution is 0.311. The van der Waals surface area contributed by atoms with E-state index in [0.29, 0.717) is 0 Å². The summed E-state index contributed by atoms with van der Waals surface area (Å²) in [6, 6.07) is 6.92. The lowest BCUT2D eigenvalue weighted by atomic mass is 10.1. The molecule has 1 aromatic carbocycles. The van der Waals surface area contributed by atoms with Crippen LogP contribution >= 0.6 is 0 Å². The van der Waals surface area contributed by atoms with Gasteiger partial charge in [0.2, 0.25) is 0 Å². The van der Waals surface area contributed by atoms with Gasteiger partial charge in [-0.15, -0.1) is 5.10 Å². The fourth-order valence-electron chi connectivity index (χ4n) is 3.48. The van der Waals surface area contributed by atoms with Crippen LogP contribution in [0.5, 0.6) is 0 Å². The van der Waals surface area contributed by atoms with Crippen LogP contribution in [0, 0.1) is 0 Å². The highest BCUT2D eigenvalue weighted by Crippen LogP contribution is 2.29. The fraction of sp³-hybridized carbons (Fsp3) is 0.467. The number of aromatic nitrogens is 3. The quantitative estimate of drug-likeness (QED) is 0.865. The SMILES string of the molecule is N[C@@H]1CN(Cc2cccc3c2NCC3)C[C@@H]1n1ccnn1. The Morgan fingerprint density at radius 2 is 2.29 bits per heavy atom. The molecule has 1 fully saturated rings. The topological polar surface area (TPSA) is 72.0 Å². The van der Waals surface area contributed by atoms with E-state index in [4.69, 9.17) is 5.73 Å². The number of hydrogen-bond acceptors (Lipinski definition) is 5. The molecule has 2 aliphatic heterocycles. The number of nitrogens with two attached hydrogens (primary N) is 1. The van der Waals surface area contributed by atoms with Crippen molar-refractivity contribution in [1.82, 2.24) is 19.9 Å². The van der Waals surface area contributed by atoms with Crippen LogP contribution in [0.4, 0.5) is 5.69 Å². The number of nitrogens with zero attached hydrogens (tertiary/aromatic N) is 4. The zero-order chi connectivity index (χ0) is 14.2. The third-order valence-electron chi connectivity index (χ3n) is 4.52. The van der Waals surface area contributed by atoms with Gasteiger partial charge in [-0.1, -0.05) is 23.4 Å². The van der Waals surface area contributed by atoms with Crippen LogP contribution in [0.1, 0.15) is 17.2 Å². The van der Waals surface area contributed by atoms with E-state index in [9.17, 15) is 0 Å². The van der Waals surface area contributed by atoms with Gasteiger partial charge >= 0.3 is 0 Å². The molecule has 1 saturated heterocycles. The summed E-state index contributed by atoms with van der Waals surface area (Å²) in [6.07, 6.45) is 4.74. The van der Waals surface area contributed by atoms with Crippen molar-refractivity contribution in [2.24, 2.45) is 5.73 Å². The van der Waals surface area contributed by atoms with Crippen LogP contribution in [0.3, 0.4) is 0 Å². The van der Waals surface area contributed by atoms with Crippen molar-refractivity contribution in [3.8, 4) is 0 Å². The van der Waals surface area contributed by atoms with Crippen molar-refractivity contribution in [1.29, 1.82) is 0 Å². The fourth-order valence-corrected chi connectivity index (χ4v) is 3.48. The molecular formula is C15H20N6. The van der Waals surface area contributed by atoms with Crippen LogP contribution in [-0.2, 0) is 13.0 Å². The standard InChI is InChI=1S/C15H20N6/c16-13-9-20(10-14(13)21-7-6-18-19-21)8-12-3-1-2-11-4-5-17-15(11)12/h1-3,6-7,13-14,17H,4-5,8-10,16H2/t13-,14+/m1/s1. The van der Waals surface area contributed by atoms with Gasteiger partial charge in [-0.3, -0.25) is 4.90 Å². The summed E-state index contributed by atoms with van der Waals surface area (Å²) < 4.78 is 1.89. The second kappa shape index (κ2) is 5.13. The van der Waals surface area contributed by atoms with E-state index in [2.05, 4.69) is 38.7 Å². The second-order valence-corrected chi connectivity index (χ2v) is 5.94. The summed E-state index contributed by atoms with van der Waals surface area (Å²) >= 11 is 0. The molecule has 0 aliphatic carbocycles. The van der Waals surface area contributed by atoms with E-state index < -0.39 is 0 Å². The molecule has 6 nitrogen and oxygen atoms in total. The van der Waals surface area contributed by atoms with E-state index in [1.165, 1.54) is 16.8 Å². The first kappa shape index (κ1) is 12.8. The molecule has 2 aromatic rings. The minimum absolute atomic E-state index is 0.108. The van der Waals surface area contributed by atoms with Gasteiger partial charge in [0.25, 0.3) is 0 Å². The Labute approximate surface area is 123 Å². The lowest BCUT2D eigenvalue weighted by Gasteiger charge is -2.18. The molecule has 0 bridgehead atoms. The minimum atomic E-state index is 0.108. The van der Waals surface area contributed by atoms with Gasteiger partial charge in [0, 0.05) is 44.1 Å². The molecule has 0 saturated carbocycles. The molecule has 21 heavy (non-hydrogen) atoms. The van der Waals surface area contributed by atoms with Crippen molar-refractivity contribution in [3.05, 3.63) is 41.7 Å². The van der Waals surface area contributed by atoms with E-state index in [-0.39, 0.29) is 12.1 Å². The van der Waals surface area contributed by atoms with Gasteiger partial charge < -0.3 is 11.1 Å². The number of hydrogen-bond donors (Lipinski definition) is 2.